The quantitative estimate of drug-likeness (QED) is 0.400. The molecule has 0 aromatic rings. The Kier molecular flexibility index (Phi) is 7.45. The molecule has 4 fully saturated rings. The highest BCUT2D eigenvalue weighted by Crippen LogP contribution is 2.68. The van der Waals surface area contributed by atoms with Crippen molar-refractivity contribution < 1.29 is 10.2 Å². The summed E-state index contributed by atoms with van der Waals surface area (Å²) in [6.07, 6.45) is 18.2. The lowest BCUT2D eigenvalue weighted by Gasteiger charge is -2.61. The van der Waals surface area contributed by atoms with Crippen molar-refractivity contribution in [2.45, 2.75) is 143 Å². The Morgan fingerprint density at radius 2 is 1.50 bits per heavy atom. The molecular formula is C30H54O2. The lowest BCUT2D eigenvalue weighted by atomic mass is 9.44. The molecule has 4 rings (SSSR count). The lowest BCUT2D eigenvalue weighted by Crippen LogP contribution is -2.54. The van der Waals surface area contributed by atoms with Gasteiger partial charge in [0.15, 0.2) is 0 Å². The fourth-order valence-electron chi connectivity index (χ4n) is 10.2. The number of hydrogen-bond donors (Lipinski definition) is 2. The molecule has 186 valence electrons. The molecule has 0 spiro atoms. The zero-order chi connectivity index (χ0) is 23.1. The third-order valence-corrected chi connectivity index (χ3v) is 11.9. The van der Waals surface area contributed by atoms with Crippen LogP contribution in [0.1, 0.15) is 131 Å². The average Bonchev–Trinajstić information content (AvgIpc) is 3.10. The van der Waals surface area contributed by atoms with Crippen LogP contribution in [0.2, 0.25) is 0 Å². The van der Waals surface area contributed by atoms with Crippen LogP contribution in [0.3, 0.4) is 0 Å². The molecule has 0 aliphatic heterocycles. The van der Waals surface area contributed by atoms with Crippen LogP contribution in [0.15, 0.2) is 0 Å². The topological polar surface area (TPSA) is 40.5 Å². The van der Waals surface area contributed by atoms with E-state index in [1.807, 2.05) is 0 Å². The maximum Gasteiger partial charge on any atom is 0.0647 e. The number of aliphatic hydroxyl groups excluding tert-OH is 1. The van der Waals surface area contributed by atoms with Crippen molar-refractivity contribution in [2.75, 3.05) is 0 Å². The Balaban J connectivity index is 1.43. The summed E-state index contributed by atoms with van der Waals surface area (Å²) in [5, 5.41) is 21.5. The molecule has 0 saturated heterocycles. The van der Waals surface area contributed by atoms with Gasteiger partial charge in [-0.25, -0.2) is 0 Å². The van der Waals surface area contributed by atoms with E-state index in [4.69, 9.17) is 0 Å². The predicted molar refractivity (Wildman–Crippen MR) is 134 cm³/mol. The van der Waals surface area contributed by atoms with Crippen LogP contribution in [0, 0.1) is 46.3 Å². The van der Waals surface area contributed by atoms with Gasteiger partial charge in [0, 0.05) is 0 Å². The van der Waals surface area contributed by atoms with E-state index >= 15 is 0 Å². The first-order valence-corrected chi connectivity index (χ1v) is 14.6. The predicted octanol–water partition coefficient (Wildman–Crippen LogP) is 7.75. The van der Waals surface area contributed by atoms with E-state index in [0.29, 0.717) is 10.8 Å². The minimum Gasteiger partial charge on any atom is -0.393 e. The summed E-state index contributed by atoms with van der Waals surface area (Å²) in [5.41, 5.74) is 0.586. The summed E-state index contributed by atoms with van der Waals surface area (Å²) in [6.45, 7) is 12.2. The Morgan fingerprint density at radius 1 is 0.844 bits per heavy atom. The highest BCUT2D eigenvalue weighted by molar-refractivity contribution is 5.09. The Morgan fingerprint density at radius 3 is 2.19 bits per heavy atom. The smallest absolute Gasteiger partial charge is 0.0647 e. The van der Waals surface area contributed by atoms with Crippen molar-refractivity contribution in [3.8, 4) is 0 Å². The first kappa shape index (κ1) is 25.0. The standard InChI is InChI=1S/C30H54O2/c1-6-15-30(32,16-7-2)19-12-21(3)25-10-11-26-24-9-8-22-20-23(31)13-17-28(22,4)27(24)14-18-29(25,26)5/h21-27,31-32H,6-20H2,1-5H3/t21-,22?,23+,24+,25-,26+,27+,28+,29-/m1/s1. The summed E-state index contributed by atoms with van der Waals surface area (Å²) in [6, 6.07) is 0. The van der Waals surface area contributed by atoms with Gasteiger partial charge < -0.3 is 10.2 Å². The molecule has 9 atom stereocenters. The van der Waals surface area contributed by atoms with E-state index in [1.54, 1.807) is 0 Å². The zero-order valence-electron chi connectivity index (χ0n) is 22.0. The van der Waals surface area contributed by atoms with Crippen LogP contribution in [0.5, 0.6) is 0 Å². The van der Waals surface area contributed by atoms with Crippen LogP contribution >= 0.6 is 0 Å². The number of fused-ring (bicyclic) bond motifs is 5. The highest BCUT2D eigenvalue weighted by Gasteiger charge is 2.60. The van der Waals surface area contributed by atoms with E-state index in [0.717, 1.165) is 80.5 Å². The summed E-state index contributed by atoms with van der Waals surface area (Å²) in [7, 11) is 0. The van der Waals surface area contributed by atoms with Gasteiger partial charge in [0.2, 0.25) is 0 Å². The first-order valence-electron chi connectivity index (χ1n) is 14.6. The second-order valence-electron chi connectivity index (χ2n) is 13.6. The third kappa shape index (κ3) is 4.34. The van der Waals surface area contributed by atoms with E-state index in [-0.39, 0.29) is 6.10 Å². The first-order chi connectivity index (χ1) is 15.2. The molecule has 0 aromatic carbocycles. The molecule has 0 bridgehead atoms. The van der Waals surface area contributed by atoms with Gasteiger partial charge >= 0.3 is 0 Å². The largest absolute Gasteiger partial charge is 0.393 e. The molecule has 32 heavy (non-hydrogen) atoms. The van der Waals surface area contributed by atoms with Crippen LogP contribution in [0.4, 0.5) is 0 Å². The van der Waals surface area contributed by atoms with Crippen molar-refractivity contribution >= 4 is 0 Å². The van der Waals surface area contributed by atoms with Gasteiger partial charge in [-0.3, -0.25) is 0 Å². The minimum absolute atomic E-state index is 0.0331. The van der Waals surface area contributed by atoms with Gasteiger partial charge in [-0.05, 0) is 130 Å². The lowest BCUT2D eigenvalue weighted by molar-refractivity contribution is -0.129. The summed E-state index contributed by atoms with van der Waals surface area (Å²) >= 11 is 0. The molecule has 2 N–H and O–H groups in total. The SMILES string of the molecule is CCCC(O)(CCC)CC[C@@H](C)[C@H]1CC[C@H]2[C@@H]3CCC4C[C@@H](O)CC[C@]4(C)[C@H]3CC[C@]12C. The van der Waals surface area contributed by atoms with Crippen LogP contribution < -0.4 is 0 Å². The van der Waals surface area contributed by atoms with E-state index in [9.17, 15) is 10.2 Å². The minimum atomic E-state index is -0.424. The average molecular weight is 447 g/mol. The summed E-state index contributed by atoms with van der Waals surface area (Å²) in [4.78, 5) is 0. The fraction of sp³-hybridized carbons (Fsp3) is 1.00. The van der Waals surface area contributed by atoms with Gasteiger partial charge in [0.1, 0.15) is 0 Å². The molecule has 0 amide bonds. The van der Waals surface area contributed by atoms with Gasteiger partial charge in [-0.15, -0.1) is 0 Å². The van der Waals surface area contributed by atoms with Gasteiger partial charge in [0.05, 0.1) is 11.7 Å². The molecule has 0 radical (unpaired) electrons. The number of hydrogen-bond acceptors (Lipinski definition) is 2. The maximum atomic E-state index is 11.2. The monoisotopic (exact) mass is 446 g/mol. The Bertz CT molecular complexity index is 624. The molecule has 4 aliphatic rings. The molecule has 4 aliphatic carbocycles. The molecular weight excluding hydrogens is 392 g/mol. The summed E-state index contributed by atoms with van der Waals surface area (Å²) < 4.78 is 0. The van der Waals surface area contributed by atoms with Crippen molar-refractivity contribution in [3.63, 3.8) is 0 Å². The van der Waals surface area contributed by atoms with Gasteiger partial charge in [-0.2, -0.15) is 0 Å². The molecule has 4 saturated carbocycles. The number of rotatable bonds is 8. The van der Waals surface area contributed by atoms with E-state index in [1.165, 1.54) is 51.4 Å². The molecule has 1 unspecified atom stereocenters. The summed E-state index contributed by atoms with van der Waals surface area (Å²) in [5.74, 6) is 5.10. The van der Waals surface area contributed by atoms with Crippen LogP contribution in [0.25, 0.3) is 0 Å². The van der Waals surface area contributed by atoms with Gasteiger partial charge in [0.25, 0.3) is 0 Å². The van der Waals surface area contributed by atoms with Crippen LogP contribution in [-0.2, 0) is 0 Å². The van der Waals surface area contributed by atoms with Crippen LogP contribution in [-0.4, -0.2) is 21.9 Å². The van der Waals surface area contributed by atoms with Crippen molar-refractivity contribution in [2.24, 2.45) is 46.3 Å². The normalized spacial score (nSPS) is 45.1. The second kappa shape index (κ2) is 9.52. The highest BCUT2D eigenvalue weighted by atomic mass is 16.3. The molecule has 2 heteroatoms. The maximum absolute atomic E-state index is 11.2. The van der Waals surface area contributed by atoms with Crippen molar-refractivity contribution in [1.29, 1.82) is 0 Å². The fourth-order valence-corrected chi connectivity index (χ4v) is 10.2. The third-order valence-electron chi connectivity index (χ3n) is 11.9. The number of aliphatic hydroxyl groups is 2. The van der Waals surface area contributed by atoms with Gasteiger partial charge in [-0.1, -0.05) is 47.5 Å². The molecule has 0 heterocycles. The van der Waals surface area contributed by atoms with E-state index in [2.05, 4.69) is 34.6 Å². The molecule has 2 nitrogen and oxygen atoms in total. The van der Waals surface area contributed by atoms with E-state index < -0.39 is 5.60 Å². The Hall–Kier alpha value is -0.0800. The van der Waals surface area contributed by atoms with Crippen molar-refractivity contribution in [3.05, 3.63) is 0 Å². The zero-order valence-corrected chi connectivity index (χ0v) is 22.0. The van der Waals surface area contributed by atoms with Crippen molar-refractivity contribution in [1.82, 2.24) is 0 Å². The second-order valence-corrected chi connectivity index (χ2v) is 13.6. The molecule has 0 aromatic heterocycles. The Labute approximate surface area is 199 Å².